The molecule has 1 aliphatic rings. The van der Waals surface area contributed by atoms with Crippen LogP contribution < -0.4 is 5.32 Å². The zero-order chi connectivity index (χ0) is 16.3. The SMILES string of the molecule is CCN1CCN(CC(=O)Nc2cc(C)cc(C)c2)C(=O)C1=O. The maximum atomic E-state index is 12.1. The van der Waals surface area contributed by atoms with E-state index in [-0.39, 0.29) is 12.5 Å². The maximum absolute atomic E-state index is 12.1. The molecule has 0 aliphatic carbocycles. The van der Waals surface area contributed by atoms with Gasteiger partial charge in [-0.1, -0.05) is 6.07 Å². The lowest BCUT2D eigenvalue weighted by Crippen LogP contribution is -2.55. The summed E-state index contributed by atoms with van der Waals surface area (Å²) in [6.07, 6.45) is 0. The summed E-state index contributed by atoms with van der Waals surface area (Å²) < 4.78 is 0. The quantitative estimate of drug-likeness (QED) is 0.841. The number of aryl methyl sites for hydroxylation is 2. The van der Waals surface area contributed by atoms with E-state index in [0.29, 0.717) is 25.3 Å². The normalized spacial score (nSPS) is 15.2. The highest BCUT2D eigenvalue weighted by Gasteiger charge is 2.32. The van der Waals surface area contributed by atoms with Gasteiger partial charge in [-0.2, -0.15) is 0 Å². The molecule has 6 nitrogen and oxygen atoms in total. The molecule has 0 saturated carbocycles. The van der Waals surface area contributed by atoms with E-state index in [1.165, 1.54) is 9.80 Å². The van der Waals surface area contributed by atoms with Crippen molar-refractivity contribution in [1.82, 2.24) is 9.80 Å². The molecule has 0 unspecified atom stereocenters. The second-order valence-electron chi connectivity index (χ2n) is 5.54. The highest BCUT2D eigenvalue weighted by atomic mass is 16.2. The Hall–Kier alpha value is -2.37. The van der Waals surface area contributed by atoms with Crippen LogP contribution in [0.1, 0.15) is 18.1 Å². The second-order valence-corrected chi connectivity index (χ2v) is 5.54. The first-order chi connectivity index (χ1) is 10.4. The molecule has 22 heavy (non-hydrogen) atoms. The molecule has 118 valence electrons. The molecule has 1 heterocycles. The van der Waals surface area contributed by atoms with Gasteiger partial charge in [0.15, 0.2) is 0 Å². The van der Waals surface area contributed by atoms with Crippen LogP contribution in [0.25, 0.3) is 0 Å². The molecule has 6 heteroatoms. The van der Waals surface area contributed by atoms with Gasteiger partial charge in [0.25, 0.3) is 0 Å². The summed E-state index contributed by atoms with van der Waals surface area (Å²) in [6.45, 7) is 7.00. The number of piperazine rings is 1. The third-order valence-electron chi connectivity index (χ3n) is 3.62. The Bertz CT molecular complexity index is 592. The number of amides is 3. The van der Waals surface area contributed by atoms with Gasteiger partial charge in [0, 0.05) is 25.3 Å². The number of carbonyl (C=O) groups excluding carboxylic acids is 3. The van der Waals surface area contributed by atoms with Gasteiger partial charge in [-0.3, -0.25) is 14.4 Å². The van der Waals surface area contributed by atoms with Crippen LogP contribution in [0.5, 0.6) is 0 Å². The fraction of sp³-hybridized carbons (Fsp3) is 0.438. The van der Waals surface area contributed by atoms with Crippen LogP contribution in [0.4, 0.5) is 5.69 Å². The van der Waals surface area contributed by atoms with Crippen molar-refractivity contribution in [2.75, 3.05) is 31.5 Å². The molecule has 3 amide bonds. The van der Waals surface area contributed by atoms with Crippen molar-refractivity contribution < 1.29 is 14.4 Å². The minimum Gasteiger partial charge on any atom is -0.333 e. The van der Waals surface area contributed by atoms with Gasteiger partial charge in [-0.05, 0) is 44.0 Å². The topological polar surface area (TPSA) is 69.7 Å². The molecule has 2 rings (SSSR count). The highest BCUT2D eigenvalue weighted by Crippen LogP contribution is 2.14. The Balaban J connectivity index is 1.97. The van der Waals surface area contributed by atoms with E-state index in [2.05, 4.69) is 5.32 Å². The minimum absolute atomic E-state index is 0.102. The van der Waals surface area contributed by atoms with E-state index in [9.17, 15) is 14.4 Å². The molecular formula is C16H21N3O3. The van der Waals surface area contributed by atoms with E-state index < -0.39 is 11.8 Å². The van der Waals surface area contributed by atoms with Crippen molar-refractivity contribution in [1.29, 1.82) is 0 Å². The number of carbonyl (C=O) groups is 3. The van der Waals surface area contributed by atoms with E-state index in [4.69, 9.17) is 0 Å². The number of anilines is 1. The molecular weight excluding hydrogens is 282 g/mol. The van der Waals surface area contributed by atoms with Crippen LogP contribution in [-0.4, -0.2) is 53.7 Å². The van der Waals surface area contributed by atoms with Crippen LogP contribution in [0, 0.1) is 13.8 Å². The molecule has 0 aromatic heterocycles. The Morgan fingerprint density at radius 2 is 1.59 bits per heavy atom. The van der Waals surface area contributed by atoms with Crippen molar-refractivity contribution >= 4 is 23.4 Å². The zero-order valence-electron chi connectivity index (χ0n) is 13.2. The number of nitrogens with one attached hydrogen (secondary N) is 1. The maximum Gasteiger partial charge on any atom is 0.312 e. The number of nitrogens with zero attached hydrogens (tertiary/aromatic N) is 2. The average molecular weight is 303 g/mol. The first kappa shape index (κ1) is 16.0. The van der Waals surface area contributed by atoms with Crippen LogP contribution in [0.2, 0.25) is 0 Å². The van der Waals surface area contributed by atoms with Crippen LogP contribution in [0.3, 0.4) is 0 Å². The molecule has 1 aromatic carbocycles. The fourth-order valence-electron chi connectivity index (χ4n) is 2.59. The van der Waals surface area contributed by atoms with Gasteiger partial charge in [0.05, 0.1) is 0 Å². The third kappa shape index (κ3) is 3.63. The van der Waals surface area contributed by atoms with Crippen LogP contribution >= 0.6 is 0 Å². The molecule has 0 bridgehead atoms. The Labute approximate surface area is 130 Å². The summed E-state index contributed by atoms with van der Waals surface area (Å²) in [5, 5.41) is 2.77. The van der Waals surface area contributed by atoms with Gasteiger partial charge in [0.1, 0.15) is 6.54 Å². The molecule has 0 atom stereocenters. The largest absolute Gasteiger partial charge is 0.333 e. The zero-order valence-corrected chi connectivity index (χ0v) is 13.2. The lowest BCUT2D eigenvalue weighted by Gasteiger charge is -2.32. The molecule has 1 aliphatic heterocycles. The first-order valence-corrected chi connectivity index (χ1v) is 7.37. The van der Waals surface area contributed by atoms with Crippen LogP contribution in [0.15, 0.2) is 18.2 Å². The molecule has 0 radical (unpaired) electrons. The molecule has 1 aromatic rings. The number of hydrogen-bond donors (Lipinski definition) is 1. The number of likely N-dealkylation sites (N-methyl/N-ethyl adjacent to an activating group) is 1. The van der Waals surface area contributed by atoms with Crippen molar-refractivity contribution in [3.8, 4) is 0 Å². The van der Waals surface area contributed by atoms with Crippen molar-refractivity contribution in [3.05, 3.63) is 29.3 Å². The third-order valence-corrected chi connectivity index (χ3v) is 3.62. The van der Waals surface area contributed by atoms with Gasteiger partial charge >= 0.3 is 11.8 Å². The summed E-state index contributed by atoms with van der Waals surface area (Å²) in [6, 6.07) is 5.75. The Morgan fingerprint density at radius 3 is 2.18 bits per heavy atom. The molecule has 1 saturated heterocycles. The summed E-state index contributed by atoms with van der Waals surface area (Å²) in [5.74, 6) is -1.44. The van der Waals surface area contributed by atoms with Crippen molar-refractivity contribution in [3.63, 3.8) is 0 Å². The summed E-state index contributed by atoms with van der Waals surface area (Å²) >= 11 is 0. The Morgan fingerprint density at radius 1 is 1.05 bits per heavy atom. The standard InChI is InChI=1S/C16H21N3O3/c1-4-18-5-6-19(16(22)15(18)21)10-14(20)17-13-8-11(2)7-12(3)9-13/h7-9H,4-6,10H2,1-3H3,(H,17,20). The van der Waals surface area contributed by atoms with Gasteiger partial charge < -0.3 is 15.1 Å². The van der Waals surface area contributed by atoms with Gasteiger partial charge in [-0.25, -0.2) is 0 Å². The van der Waals surface area contributed by atoms with E-state index >= 15 is 0 Å². The number of rotatable bonds is 4. The smallest absolute Gasteiger partial charge is 0.312 e. The minimum atomic E-state index is -0.608. The predicted octanol–water partition coefficient (Wildman–Crippen LogP) is 0.933. The number of hydrogen-bond acceptors (Lipinski definition) is 3. The summed E-state index contributed by atoms with van der Waals surface area (Å²) in [7, 11) is 0. The lowest BCUT2D eigenvalue weighted by atomic mass is 10.1. The van der Waals surface area contributed by atoms with E-state index in [0.717, 1.165) is 11.1 Å². The van der Waals surface area contributed by atoms with E-state index in [1.807, 2.05) is 39.0 Å². The van der Waals surface area contributed by atoms with Gasteiger partial charge in [-0.15, -0.1) is 0 Å². The van der Waals surface area contributed by atoms with Gasteiger partial charge in [0.2, 0.25) is 5.91 Å². The Kier molecular flexibility index (Phi) is 4.80. The number of benzene rings is 1. The second kappa shape index (κ2) is 6.60. The molecule has 1 fully saturated rings. The van der Waals surface area contributed by atoms with Crippen molar-refractivity contribution in [2.24, 2.45) is 0 Å². The molecule has 0 spiro atoms. The first-order valence-electron chi connectivity index (χ1n) is 7.37. The monoisotopic (exact) mass is 303 g/mol. The fourth-order valence-corrected chi connectivity index (χ4v) is 2.59. The predicted molar refractivity (Wildman–Crippen MR) is 83.4 cm³/mol. The van der Waals surface area contributed by atoms with Crippen LogP contribution in [-0.2, 0) is 14.4 Å². The molecule has 1 N–H and O–H groups in total. The summed E-state index contributed by atoms with van der Waals surface area (Å²) in [4.78, 5) is 38.6. The summed E-state index contributed by atoms with van der Waals surface area (Å²) in [5.41, 5.74) is 2.81. The average Bonchev–Trinajstić information content (AvgIpc) is 2.43. The van der Waals surface area contributed by atoms with Crippen molar-refractivity contribution in [2.45, 2.75) is 20.8 Å². The van der Waals surface area contributed by atoms with E-state index in [1.54, 1.807) is 0 Å². The highest BCUT2D eigenvalue weighted by molar-refractivity contribution is 6.35. The lowest BCUT2D eigenvalue weighted by molar-refractivity contribution is -0.156.